The Morgan fingerprint density at radius 2 is 1.81 bits per heavy atom. The number of nitrogens with one attached hydrogen (secondary N) is 1. The van der Waals surface area contributed by atoms with Gasteiger partial charge in [0.25, 0.3) is 0 Å². The van der Waals surface area contributed by atoms with Crippen LogP contribution in [0, 0.1) is 0 Å². The second-order valence-corrected chi connectivity index (χ2v) is 4.22. The molecule has 0 rings (SSSR count). The summed E-state index contributed by atoms with van der Waals surface area (Å²) in [6.07, 6.45) is 2.20. The molecule has 1 amide bonds. The molecule has 1 atom stereocenters. The number of hydrogen-bond donors (Lipinski definition) is 1. The number of rotatable bonds is 8. The summed E-state index contributed by atoms with van der Waals surface area (Å²) in [5.74, 6) is 0.122. The minimum Gasteiger partial charge on any atom is -0.355 e. The Balaban J connectivity index is 3.75. The average Bonchev–Trinajstić information content (AvgIpc) is 2.26. The molecule has 0 aromatic carbocycles. The molecule has 0 saturated carbocycles. The molecular weight excluding hydrogens is 204 g/mol. The maximum atomic E-state index is 11.4. The van der Waals surface area contributed by atoms with Gasteiger partial charge in [0, 0.05) is 31.8 Å². The molecule has 1 N–H and O–H groups in total. The van der Waals surface area contributed by atoms with Crippen LogP contribution in [0.25, 0.3) is 0 Å². The first-order chi connectivity index (χ1) is 7.51. The molecule has 0 bridgehead atoms. The fraction of sp³-hybridized carbons (Fsp3) is 0.833. The van der Waals surface area contributed by atoms with Crippen LogP contribution >= 0.6 is 0 Å². The van der Waals surface area contributed by atoms with Gasteiger partial charge in [-0.3, -0.25) is 9.59 Å². The van der Waals surface area contributed by atoms with Gasteiger partial charge in [0.15, 0.2) is 0 Å². The third-order valence-corrected chi connectivity index (χ3v) is 2.76. The Bertz CT molecular complexity index is 227. The van der Waals surface area contributed by atoms with Crippen molar-refractivity contribution in [3.63, 3.8) is 0 Å². The monoisotopic (exact) mass is 228 g/mol. The van der Waals surface area contributed by atoms with Crippen molar-refractivity contribution in [1.82, 2.24) is 10.2 Å². The topological polar surface area (TPSA) is 49.4 Å². The third-order valence-electron chi connectivity index (χ3n) is 2.76. The molecule has 0 saturated heterocycles. The van der Waals surface area contributed by atoms with Gasteiger partial charge in [-0.05, 0) is 20.5 Å². The van der Waals surface area contributed by atoms with Gasteiger partial charge >= 0.3 is 0 Å². The lowest BCUT2D eigenvalue weighted by atomic mass is 10.1. The Morgan fingerprint density at radius 3 is 2.25 bits per heavy atom. The normalized spacial score (nSPS) is 12.6. The van der Waals surface area contributed by atoms with Crippen LogP contribution < -0.4 is 5.32 Å². The smallest absolute Gasteiger partial charge is 0.220 e. The zero-order valence-electron chi connectivity index (χ0n) is 10.9. The van der Waals surface area contributed by atoms with Gasteiger partial charge in [0.2, 0.25) is 5.91 Å². The molecule has 0 aromatic rings. The van der Waals surface area contributed by atoms with Crippen LogP contribution in [0.3, 0.4) is 0 Å². The Kier molecular flexibility index (Phi) is 7.81. The highest BCUT2D eigenvalue weighted by molar-refractivity contribution is 5.84. The van der Waals surface area contributed by atoms with Crippen molar-refractivity contribution in [2.75, 3.05) is 20.6 Å². The lowest BCUT2D eigenvalue weighted by Gasteiger charge is -2.22. The molecule has 4 nitrogen and oxygen atoms in total. The van der Waals surface area contributed by atoms with E-state index in [4.69, 9.17) is 0 Å². The van der Waals surface area contributed by atoms with Crippen molar-refractivity contribution in [3.8, 4) is 0 Å². The zero-order valence-corrected chi connectivity index (χ0v) is 10.9. The summed E-state index contributed by atoms with van der Waals surface area (Å²) in [5, 5.41) is 2.86. The molecule has 0 aliphatic rings. The predicted octanol–water partition coefficient (Wildman–Crippen LogP) is 1.20. The predicted molar refractivity (Wildman–Crippen MR) is 65.3 cm³/mol. The number of hydrogen-bond acceptors (Lipinski definition) is 3. The summed E-state index contributed by atoms with van der Waals surface area (Å²) in [6.45, 7) is 4.57. The molecule has 0 aliphatic carbocycles. The highest BCUT2D eigenvalue weighted by atomic mass is 16.2. The number of ketones is 1. The maximum Gasteiger partial charge on any atom is 0.220 e. The van der Waals surface area contributed by atoms with Crippen LogP contribution in [0.4, 0.5) is 0 Å². The minimum absolute atomic E-state index is 0.0258. The molecule has 0 heterocycles. The van der Waals surface area contributed by atoms with Crippen LogP contribution in [0.15, 0.2) is 0 Å². The zero-order chi connectivity index (χ0) is 12.6. The summed E-state index contributed by atoms with van der Waals surface area (Å²) in [5.41, 5.74) is 0. The Morgan fingerprint density at radius 1 is 1.19 bits per heavy atom. The largest absolute Gasteiger partial charge is 0.355 e. The van der Waals surface area contributed by atoms with E-state index < -0.39 is 0 Å². The molecular formula is C12H24N2O2. The molecule has 4 heteroatoms. The van der Waals surface area contributed by atoms with E-state index in [0.717, 1.165) is 6.42 Å². The number of Topliss-reactive ketones (excluding diaryl/α,β-unsaturated/α-hetero) is 1. The molecule has 94 valence electrons. The molecule has 0 radical (unpaired) electrons. The van der Waals surface area contributed by atoms with E-state index in [2.05, 4.69) is 17.1 Å². The molecule has 16 heavy (non-hydrogen) atoms. The lowest BCUT2D eigenvalue weighted by Crippen LogP contribution is -2.39. The first-order valence-corrected chi connectivity index (χ1v) is 5.96. The van der Waals surface area contributed by atoms with E-state index in [1.807, 2.05) is 21.0 Å². The second-order valence-electron chi connectivity index (χ2n) is 4.22. The van der Waals surface area contributed by atoms with Gasteiger partial charge in [-0.15, -0.1) is 0 Å². The first-order valence-electron chi connectivity index (χ1n) is 5.96. The van der Waals surface area contributed by atoms with Gasteiger partial charge in [-0.25, -0.2) is 0 Å². The molecule has 0 spiro atoms. The van der Waals surface area contributed by atoms with E-state index in [9.17, 15) is 9.59 Å². The first kappa shape index (κ1) is 15.1. The highest BCUT2D eigenvalue weighted by Gasteiger charge is 2.10. The summed E-state index contributed by atoms with van der Waals surface area (Å²) < 4.78 is 0. The van der Waals surface area contributed by atoms with Gasteiger partial charge in [0.1, 0.15) is 5.78 Å². The number of carbonyl (C=O) groups excluding carboxylic acids is 2. The lowest BCUT2D eigenvalue weighted by molar-refractivity contribution is -0.125. The quantitative estimate of drug-likeness (QED) is 0.679. The van der Waals surface area contributed by atoms with Crippen molar-refractivity contribution < 1.29 is 9.59 Å². The number of carbonyl (C=O) groups is 2. The molecule has 0 aromatic heterocycles. The van der Waals surface area contributed by atoms with Gasteiger partial charge < -0.3 is 10.2 Å². The van der Waals surface area contributed by atoms with Crippen molar-refractivity contribution in [1.29, 1.82) is 0 Å². The molecule has 0 fully saturated rings. The minimum atomic E-state index is -0.0258. The van der Waals surface area contributed by atoms with Crippen LogP contribution in [-0.2, 0) is 9.59 Å². The summed E-state index contributed by atoms with van der Waals surface area (Å²) >= 11 is 0. The van der Waals surface area contributed by atoms with Gasteiger partial charge in [-0.2, -0.15) is 0 Å². The summed E-state index contributed by atoms with van der Waals surface area (Å²) in [4.78, 5) is 24.5. The van der Waals surface area contributed by atoms with E-state index in [1.165, 1.54) is 0 Å². The van der Waals surface area contributed by atoms with Crippen molar-refractivity contribution in [2.45, 2.75) is 45.6 Å². The van der Waals surface area contributed by atoms with Gasteiger partial charge in [-0.1, -0.05) is 13.8 Å². The van der Waals surface area contributed by atoms with Crippen LogP contribution in [0.5, 0.6) is 0 Å². The van der Waals surface area contributed by atoms with E-state index in [-0.39, 0.29) is 11.7 Å². The van der Waals surface area contributed by atoms with Crippen LogP contribution in [-0.4, -0.2) is 43.3 Å². The number of nitrogens with zero attached hydrogens (tertiary/aromatic N) is 1. The Hall–Kier alpha value is -0.900. The highest BCUT2D eigenvalue weighted by Crippen LogP contribution is 1.98. The SMILES string of the molecule is CCC(=O)CCC(=O)NCC(CC)N(C)C. The second kappa shape index (κ2) is 8.28. The number of amides is 1. The maximum absolute atomic E-state index is 11.4. The van der Waals surface area contributed by atoms with E-state index in [1.54, 1.807) is 0 Å². The van der Waals surface area contributed by atoms with E-state index in [0.29, 0.717) is 31.8 Å². The molecule has 0 aliphatic heterocycles. The fourth-order valence-corrected chi connectivity index (χ4v) is 1.44. The number of likely N-dealkylation sites (N-methyl/N-ethyl adjacent to an activating group) is 1. The van der Waals surface area contributed by atoms with Crippen molar-refractivity contribution in [2.24, 2.45) is 0 Å². The van der Waals surface area contributed by atoms with Crippen LogP contribution in [0.1, 0.15) is 39.5 Å². The fourth-order valence-electron chi connectivity index (χ4n) is 1.44. The standard InChI is InChI=1S/C12H24N2O2/c1-5-10(14(3)4)9-13-12(16)8-7-11(15)6-2/h10H,5-9H2,1-4H3,(H,13,16). The third kappa shape index (κ3) is 6.56. The van der Waals surface area contributed by atoms with Crippen molar-refractivity contribution in [3.05, 3.63) is 0 Å². The van der Waals surface area contributed by atoms with Crippen molar-refractivity contribution >= 4 is 11.7 Å². The van der Waals surface area contributed by atoms with Gasteiger partial charge in [0.05, 0.1) is 0 Å². The van der Waals surface area contributed by atoms with Crippen LogP contribution in [0.2, 0.25) is 0 Å². The summed E-state index contributed by atoms with van der Waals surface area (Å²) in [6, 6.07) is 0.367. The summed E-state index contributed by atoms with van der Waals surface area (Å²) in [7, 11) is 4.00. The average molecular weight is 228 g/mol. The van der Waals surface area contributed by atoms with E-state index >= 15 is 0 Å². The molecule has 1 unspecified atom stereocenters. The Labute approximate surface area is 98.4 Å².